The number of benzene rings is 4. The van der Waals surface area contributed by atoms with Gasteiger partial charge < -0.3 is 9.47 Å². The van der Waals surface area contributed by atoms with E-state index in [9.17, 15) is 30.7 Å². The number of rotatable bonds is 10. The molecule has 0 N–H and O–H groups in total. The van der Waals surface area contributed by atoms with Gasteiger partial charge >= 0.3 is 6.11 Å². The van der Waals surface area contributed by atoms with Gasteiger partial charge in [0.2, 0.25) is 0 Å². The van der Waals surface area contributed by atoms with Gasteiger partial charge in [0.25, 0.3) is 6.43 Å². The molecule has 4 rings (SSSR count). The predicted molar refractivity (Wildman–Crippen MR) is 143 cm³/mol. The van der Waals surface area contributed by atoms with E-state index in [1.54, 1.807) is 6.07 Å². The topological polar surface area (TPSA) is 18.5 Å². The van der Waals surface area contributed by atoms with Crippen LogP contribution in [-0.4, -0.2) is 6.43 Å². The molecule has 2 nitrogen and oxygen atoms in total. The van der Waals surface area contributed by atoms with Gasteiger partial charge in [-0.1, -0.05) is 61.3 Å². The zero-order chi connectivity index (χ0) is 30.6. The summed E-state index contributed by atoms with van der Waals surface area (Å²) in [7, 11) is 0. The molecule has 0 aliphatic heterocycles. The molecule has 11 heteroatoms. The Balaban J connectivity index is 1.58. The lowest BCUT2D eigenvalue weighted by Gasteiger charge is -2.21. The van der Waals surface area contributed by atoms with Crippen molar-refractivity contribution in [1.82, 2.24) is 0 Å². The monoisotopic (exact) mass is 612 g/mol. The number of halogens is 9. The van der Waals surface area contributed by atoms with E-state index < -0.39 is 57.9 Å². The molecule has 0 amide bonds. The molecule has 0 aliphatic rings. The summed E-state index contributed by atoms with van der Waals surface area (Å²) in [5, 5.41) is -0.844. The van der Waals surface area contributed by atoms with Crippen molar-refractivity contribution in [2.24, 2.45) is 0 Å². The fourth-order valence-corrected chi connectivity index (χ4v) is 4.48. The first-order valence-corrected chi connectivity index (χ1v) is 12.8. The third-order valence-electron chi connectivity index (χ3n) is 6.07. The summed E-state index contributed by atoms with van der Waals surface area (Å²) in [4.78, 5) is 0. The van der Waals surface area contributed by atoms with E-state index in [1.165, 1.54) is 12.1 Å². The molecule has 0 atom stereocenters. The van der Waals surface area contributed by atoms with Crippen LogP contribution in [0.3, 0.4) is 0 Å². The summed E-state index contributed by atoms with van der Waals surface area (Å²) in [5.74, 6) is -7.68. The highest BCUT2D eigenvalue weighted by atomic mass is 35.5. The van der Waals surface area contributed by atoms with Crippen LogP contribution in [0.1, 0.15) is 24.5 Å². The van der Waals surface area contributed by atoms with Gasteiger partial charge in [-0.3, -0.25) is 0 Å². The Morgan fingerprint density at radius 1 is 0.786 bits per heavy atom. The van der Waals surface area contributed by atoms with Gasteiger partial charge in [-0.25, -0.2) is 26.3 Å². The van der Waals surface area contributed by atoms with Crippen molar-refractivity contribution in [1.29, 1.82) is 0 Å². The average molecular weight is 613 g/mol. The maximum Gasteiger partial charge on any atom is 0.431 e. The smallest absolute Gasteiger partial charge is 0.431 e. The molecule has 4 aromatic rings. The lowest BCUT2D eigenvalue weighted by atomic mass is 9.97. The second-order valence-electron chi connectivity index (χ2n) is 9.07. The van der Waals surface area contributed by atoms with Gasteiger partial charge in [-0.15, -0.1) is 0 Å². The van der Waals surface area contributed by atoms with Crippen molar-refractivity contribution in [3.05, 3.63) is 118 Å². The summed E-state index contributed by atoms with van der Waals surface area (Å²) in [6.07, 6.45) is -5.12. The molecular weight excluding hydrogens is 592 g/mol. The fraction of sp³-hybridized carbons (Fsp3) is 0.161. The quantitative estimate of drug-likeness (QED) is 0.131. The molecule has 0 bridgehead atoms. The molecule has 0 saturated heterocycles. The van der Waals surface area contributed by atoms with E-state index >= 15 is 4.39 Å². The van der Waals surface area contributed by atoms with Crippen molar-refractivity contribution < 1.29 is 44.6 Å². The van der Waals surface area contributed by atoms with E-state index in [-0.39, 0.29) is 29.3 Å². The molecular formula is C31H21ClF8O2. The van der Waals surface area contributed by atoms with Gasteiger partial charge in [-0.2, -0.15) is 8.78 Å². The molecule has 0 spiro atoms. The van der Waals surface area contributed by atoms with Gasteiger partial charge in [0, 0.05) is 23.8 Å². The van der Waals surface area contributed by atoms with Crippen LogP contribution in [0.2, 0.25) is 5.02 Å². The van der Waals surface area contributed by atoms with Gasteiger partial charge in [0.1, 0.15) is 22.9 Å². The Morgan fingerprint density at radius 3 is 1.98 bits per heavy atom. The van der Waals surface area contributed by atoms with E-state index in [1.807, 2.05) is 24.3 Å². The largest absolute Gasteiger partial charge is 0.459 e. The van der Waals surface area contributed by atoms with E-state index in [2.05, 4.69) is 16.4 Å². The highest BCUT2D eigenvalue weighted by molar-refractivity contribution is 6.31. The second-order valence-corrected chi connectivity index (χ2v) is 9.48. The lowest BCUT2D eigenvalue weighted by molar-refractivity contribution is -0.187. The van der Waals surface area contributed by atoms with Gasteiger partial charge in [-0.05, 0) is 46.9 Å². The molecule has 0 radical (unpaired) electrons. The van der Waals surface area contributed by atoms with Crippen molar-refractivity contribution in [2.75, 3.05) is 0 Å². The second kappa shape index (κ2) is 12.9. The molecule has 0 fully saturated rings. The molecule has 0 saturated carbocycles. The van der Waals surface area contributed by atoms with E-state index in [4.69, 9.17) is 11.6 Å². The standard InChI is InChI=1S/C31H21ClF8O2/c1-2-3-17-4-6-18(7-5-17)19-8-9-22(24(33)13-19)20-12-23(32)29(25(34)14-20)31(39,40)42-21-15-26(35)30(27(36)16-21)41-11-10-28(37)38/h4-16,28H,2-3H2,1H3/b11-10+. The summed E-state index contributed by atoms with van der Waals surface area (Å²) in [6, 6.07) is 13.8. The number of ether oxygens (including phenoxy) is 2. The molecule has 4 aromatic carbocycles. The normalized spacial score (nSPS) is 11.9. The lowest BCUT2D eigenvalue weighted by Crippen LogP contribution is -2.24. The molecule has 0 aliphatic carbocycles. The molecule has 42 heavy (non-hydrogen) atoms. The van der Waals surface area contributed by atoms with Crippen LogP contribution in [0.15, 0.2) is 79.1 Å². The summed E-state index contributed by atoms with van der Waals surface area (Å²) in [6.45, 7) is 2.05. The maximum atomic E-state index is 15.1. The summed E-state index contributed by atoms with van der Waals surface area (Å²) in [5.41, 5.74) is 0.703. The number of allylic oxidation sites excluding steroid dienone is 1. The minimum absolute atomic E-state index is 0.112. The molecule has 220 valence electrons. The number of aryl methyl sites for hydroxylation is 1. The summed E-state index contributed by atoms with van der Waals surface area (Å²) >= 11 is 5.97. The van der Waals surface area contributed by atoms with Crippen molar-refractivity contribution in [3.63, 3.8) is 0 Å². The van der Waals surface area contributed by atoms with Crippen LogP contribution in [0, 0.1) is 23.3 Å². The Hall–Kier alpha value is -4.05. The van der Waals surface area contributed by atoms with Crippen LogP contribution in [0.25, 0.3) is 22.3 Å². The van der Waals surface area contributed by atoms with Crippen LogP contribution in [0.4, 0.5) is 35.1 Å². The Labute approximate surface area is 240 Å². The Bertz CT molecular complexity index is 1560. The van der Waals surface area contributed by atoms with Crippen molar-refractivity contribution in [2.45, 2.75) is 32.3 Å². The highest BCUT2D eigenvalue weighted by Gasteiger charge is 2.41. The number of hydrogen-bond acceptors (Lipinski definition) is 2. The van der Waals surface area contributed by atoms with Crippen molar-refractivity contribution in [3.8, 4) is 33.8 Å². The van der Waals surface area contributed by atoms with Crippen LogP contribution in [0.5, 0.6) is 11.5 Å². The zero-order valence-electron chi connectivity index (χ0n) is 21.7. The summed E-state index contributed by atoms with van der Waals surface area (Å²) < 4.78 is 121. The molecule has 0 aromatic heterocycles. The SMILES string of the molecule is CCCc1ccc(-c2ccc(-c3cc(F)c(C(F)(F)Oc4cc(F)c(O/C=C/C(F)F)c(F)c4)c(Cl)c3)c(F)c2)cc1. The van der Waals surface area contributed by atoms with Gasteiger partial charge in [0.05, 0.1) is 11.3 Å². The molecule has 0 heterocycles. The van der Waals surface area contributed by atoms with Crippen molar-refractivity contribution >= 4 is 11.6 Å². The fourth-order valence-electron chi connectivity index (χ4n) is 4.16. The number of alkyl halides is 4. The first-order chi connectivity index (χ1) is 19.9. The Kier molecular flexibility index (Phi) is 9.46. The van der Waals surface area contributed by atoms with Gasteiger partial charge in [0.15, 0.2) is 17.4 Å². The third kappa shape index (κ3) is 7.05. The van der Waals surface area contributed by atoms with Crippen LogP contribution >= 0.6 is 11.6 Å². The average Bonchev–Trinajstić information content (AvgIpc) is 2.89. The zero-order valence-corrected chi connectivity index (χ0v) is 22.5. The first kappa shape index (κ1) is 30.9. The maximum absolute atomic E-state index is 15.1. The van der Waals surface area contributed by atoms with E-state index in [0.29, 0.717) is 17.9 Å². The molecule has 0 unspecified atom stereocenters. The highest BCUT2D eigenvalue weighted by Crippen LogP contribution is 2.41. The minimum Gasteiger partial charge on any atom is -0.459 e. The van der Waals surface area contributed by atoms with Crippen LogP contribution in [-0.2, 0) is 12.5 Å². The minimum atomic E-state index is -4.54. The van der Waals surface area contributed by atoms with E-state index in [0.717, 1.165) is 30.0 Å². The number of hydrogen-bond donors (Lipinski definition) is 0. The Morgan fingerprint density at radius 2 is 1.40 bits per heavy atom. The predicted octanol–water partition coefficient (Wildman–Crippen LogP) is 10.5. The van der Waals surface area contributed by atoms with Crippen LogP contribution < -0.4 is 9.47 Å². The first-order valence-electron chi connectivity index (χ1n) is 12.5. The third-order valence-corrected chi connectivity index (χ3v) is 6.37.